The molecule has 0 unspecified atom stereocenters. The molecule has 3 aromatic rings. The predicted molar refractivity (Wildman–Crippen MR) is 103 cm³/mol. The molecule has 0 spiro atoms. The molecule has 2 aromatic heterocycles. The standard InChI is InChI=1S/C17H15N5O6S/c1-27-11-6-19-16(21-14(11)28-2)22-15(26)9-4-3-8(5-10(9)20-17(22)29)13(25)18-7-12(23)24/h3-6H,7H2,1-2H3,(H,18,25)(H,20,29)(H,23,24). The maximum Gasteiger partial charge on any atom is 0.322 e. The van der Waals surface area contributed by atoms with Gasteiger partial charge in [0, 0.05) is 5.56 Å². The van der Waals surface area contributed by atoms with E-state index in [1.807, 2.05) is 0 Å². The average molecular weight is 417 g/mol. The fraction of sp³-hybridized carbons (Fsp3) is 0.176. The number of carboxylic acids is 1. The molecule has 0 atom stereocenters. The van der Waals surface area contributed by atoms with Crippen molar-refractivity contribution in [1.82, 2.24) is 24.8 Å². The maximum absolute atomic E-state index is 12.9. The summed E-state index contributed by atoms with van der Waals surface area (Å²) < 4.78 is 11.3. The monoisotopic (exact) mass is 417 g/mol. The molecule has 0 radical (unpaired) electrons. The number of rotatable bonds is 6. The van der Waals surface area contributed by atoms with Crippen molar-refractivity contribution in [1.29, 1.82) is 0 Å². The molecule has 0 bridgehead atoms. The second-order valence-corrected chi connectivity index (χ2v) is 6.04. The zero-order valence-electron chi connectivity index (χ0n) is 15.3. The molecule has 29 heavy (non-hydrogen) atoms. The number of nitrogens with zero attached hydrogens (tertiary/aromatic N) is 3. The van der Waals surface area contributed by atoms with Gasteiger partial charge in [0.05, 0.1) is 31.3 Å². The molecular weight excluding hydrogens is 402 g/mol. The van der Waals surface area contributed by atoms with Crippen molar-refractivity contribution in [2.45, 2.75) is 0 Å². The van der Waals surface area contributed by atoms with Crippen LogP contribution in [0, 0.1) is 4.77 Å². The molecule has 0 aliphatic rings. The number of hydrogen-bond acceptors (Lipinski definition) is 8. The van der Waals surface area contributed by atoms with E-state index in [2.05, 4.69) is 20.3 Å². The maximum atomic E-state index is 12.9. The van der Waals surface area contributed by atoms with E-state index in [1.165, 1.54) is 38.6 Å². The van der Waals surface area contributed by atoms with Crippen LogP contribution in [0.1, 0.15) is 10.4 Å². The number of ether oxygens (including phenoxy) is 2. The Labute approximate surface area is 167 Å². The number of benzene rings is 1. The van der Waals surface area contributed by atoms with E-state index >= 15 is 0 Å². The number of aliphatic carboxylic acids is 1. The lowest BCUT2D eigenvalue weighted by molar-refractivity contribution is -0.135. The number of amides is 1. The number of nitrogens with one attached hydrogen (secondary N) is 2. The highest BCUT2D eigenvalue weighted by Gasteiger charge is 2.15. The molecule has 0 saturated carbocycles. The first-order valence-electron chi connectivity index (χ1n) is 8.10. The first-order chi connectivity index (χ1) is 13.8. The zero-order valence-corrected chi connectivity index (χ0v) is 16.1. The van der Waals surface area contributed by atoms with Gasteiger partial charge < -0.3 is 24.9 Å². The number of aromatic nitrogens is 4. The normalized spacial score (nSPS) is 10.6. The summed E-state index contributed by atoms with van der Waals surface area (Å²) in [5, 5.41) is 11.1. The minimum atomic E-state index is -1.17. The third-order valence-electron chi connectivity index (χ3n) is 3.88. The Morgan fingerprint density at radius 1 is 1.31 bits per heavy atom. The Morgan fingerprint density at radius 3 is 2.72 bits per heavy atom. The molecule has 1 aromatic carbocycles. The SMILES string of the molecule is COc1cnc(-n2c(=S)[nH]c3cc(C(=O)NCC(=O)O)ccc3c2=O)nc1OC. The van der Waals surface area contributed by atoms with Crippen LogP contribution in [-0.4, -0.2) is 57.3 Å². The molecule has 0 aliphatic carbocycles. The highest BCUT2D eigenvalue weighted by molar-refractivity contribution is 7.71. The van der Waals surface area contributed by atoms with Gasteiger partial charge in [-0.15, -0.1) is 0 Å². The molecule has 2 heterocycles. The van der Waals surface area contributed by atoms with Crippen LogP contribution in [0.4, 0.5) is 0 Å². The molecule has 3 rings (SSSR count). The average Bonchev–Trinajstić information content (AvgIpc) is 2.71. The Balaban J connectivity index is 2.09. The van der Waals surface area contributed by atoms with Crippen LogP contribution < -0.4 is 20.3 Å². The van der Waals surface area contributed by atoms with Gasteiger partial charge in [-0.1, -0.05) is 0 Å². The van der Waals surface area contributed by atoms with Crippen LogP contribution >= 0.6 is 12.2 Å². The molecule has 0 aliphatic heterocycles. The summed E-state index contributed by atoms with van der Waals surface area (Å²) >= 11 is 5.26. The Hall–Kier alpha value is -3.80. The summed E-state index contributed by atoms with van der Waals surface area (Å²) in [6.45, 7) is -0.523. The van der Waals surface area contributed by atoms with Gasteiger partial charge in [0.25, 0.3) is 17.3 Å². The number of aromatic amines is 1. The topological polar surface area (TPSA) is 148 Å². The summed E-state index contributed by atoms with van der Waals surface area (Å²) in [4.78, 5) is 46.7. The number of methoxy groups -OCH3 is 2. The minimum Gasteiger partial charge on any atom is -0.490 e. The molecule has 3 N–H and O–H groups in total. The Morgan fingerprint density at radius 2 is 2.07 bits per heavy atom. The number of carbonyl (C=O) groups excluding carboxylic acids is 1. The third kappa shape index (κ3) is 3.91. The van der Waals surface area contributed by atoms with E-state index in [9.17, 15) is 14.4 Å². The van der Waals surface area contributed by atoms with Gasteiger partial charge in [-0.05, 0) is 30.4 Å². The van der Waals surface area contributed by atoms with E-state index in [0.717, 1.165) is 4.57 Å². The fourth-order valence-corrected chi connectivity index (χ4v) is 2.81. The van der Waals surface area contributed by atoms with Crippen LogP contribution in [0.2, 0.25) is 0 Å². The molecular formula is C17H15N5O6S. The van der Waals surface area contributed by atoms with Gasteiger partial charge in [0.1, 0.15) is 6.54 Å². The Bertz CT molecular complexity index is 1240. The predicted octanol–water partition coefficient (Wildman–Crippen LogP) is 0.670. The number of carboxylic acid groups (broad SMARTS) is 1. The van der Waals surface area contributed by atoms with Crippen LogP contribution in [0.5, 0.6) is 11.6 Å². The molecule has 150 valence electrons. The summed E-state index contributed by atoms with van der Waals surface area (Å²) in [5.74, 6) is -1.36. The Kier molecular flexibility index (Phi) is 5.54. The lowest BCUT2D eigenvalue weighted by atomic mass is 10.1. The van der Waals surface area contributed by atoms with Gasteiger partial charge >= 0.3 is 5.97 Å². The van der Waals surface area contributed by atoms with Crippen LogP contribution in [0.25, 0.3) is 16.9 Å². The summed E-state index contributed by atoms with van der Waals surface area (Å²) in [5.41, 5.74) is -0.0305. The summed E-state index contributed by atoms with van der Waals surface area (Å²) in [6.07, 6.45) is 1.35. The minimum absolute atomic E-state index is 0.00202. The van der Waals surface area contributed by atoms with E-state index in [4.69, 9.17) is 26.8 Å². The second kappa shape index (κ2) is 8.06. The van der Waals surface area contributed by atoms with Crippen molar-refractivity contribution in [2.75, 3.05) is 20.8 Å². The van der Waals surface area contributed by atoms with E-state index < -0.39 is 24.0 Å². The van der Waals surface area contributed by atoms with E-state index in [0.29, 0.717) is 5.52 Å². The first-order valence-corrected chi connectivity index (χ1v) is 8.51. The smallest absolute Gasteiger partial charge is 0.322 e. The first kappa shape index (κ1) is 19.9. The molecule has 0 fully saturated rings. The van der Waals surface area contributed by atoms with Crippen LogP contribution in [-0.2, 0) is 4.79 Å². The fourth-order valence-electron chi connectivity index (χ4n) is 2.54. The van der Waals surface area contributed by atoms with Crippen molar-refractivity contribution in [3.8, 4) is 17.6 Å². The largest absolute Gasteiger partial charge is 0.490 e. The van der Waals surface area contributed by atoms with Crippen molar-refractivity contribution in [3.63, 3.8) is 0 Å². The van der Waals surface area contributed by atoms with Crippen molar-refractivity contribution in [3.05, 3.63) is 45.1 Å². The van der Waals surface area contributed by atoms with Gasteiger partial charge in [-0.3, -0.25) is 14.4 Å². The van der Waals surface area contributed by atoms with Crippen molar-refractivity contribution >= 4 is 35.0 Å². The summed E-state index contributed by atoms with van der Waals surface area (Å²) in [7, 11) is 2.83. The van der Waals surface area contributed by atoms with E-state index in [-0.39, 0.29) is 33.3 Å². The number of fused-ring (bicyclic) bond motifs is 1. The molecule has 11 nitrogen and oxygen atoms in total. The van der Waals surface area contributed by atoms with Crippen molar-refractivity contribution < 1.29 is 24.2 Å². The third-order valence-corrected chi connectivity index (χ3v) is 4.17. The van der Waals surface area contributed by atoms with Gasteiger partial charge in [0.2, 0.25) is 5.95 Å². The number of carbonyl (C=O) groups is 2. The molecule has 12 heteroatoms. The van der Waals surface area contributed by atoms with E-state index in [1.54, 1.807) is 0 Å². The van der Waals surface area contributed by atoms with Gasteiger partial charge in [-0.2, -0.15) is 4.98 Å². The molecule has 0 saturated heterocycles. The van der Waals surface area contributed by atoms with Gasteiger partial charge in [0.15, 0.2) is 10.5 Å². The van der Waals surface area contributed by atoms with Crippen LogP contribution in [0.15, 0.2) is 29.2 Å². The van der Waals surface area contributed by atoms with Crippen LogP contribution in [0.3, 0.4) is 0 Å². The lowest BCUT2D eigenvalue weighted by Gasteiger charge is -2.10. The lowest BCUT2D eigenvalue weighted by Crippen LogP contribution is -2.29. The quantitative estimate of drug-likeness (QED) is 0.492. The highest BCUT2D eigenvalue weighted by Crippen LogP contribution is 2.23. The zero-order chi connectivity index (χ0) is 21.1. The van der Waals surface area contributed by atoms with Gasteiger partial charge in [-0.25, -0.2) is 9.55 Å². The number of H-pyrrole nitrogens is 1. The number of hydrogen-bond donors (Lipinski definition) is 3. The second-order valence-electron chi connectivity index (χ2n) is 5.66. The molecule has 1 amide bonds. The highest BCUT2D eigenvalue weighted by atomic mass is 32.1. The summed E-state index contributed by atoms with van der Waals surface area (Å²) in [6, 6.07) is 4.23. The van der Waals surface area contributed by atoms with Crippen molar-refractivity contribution in [2.24, 2.45) is 0 Å².